The lowest BCUT2D eigenvalue weighted by Crippen LogP contribution is -2.39. The average molecular weight is 237 g/mol. The highest BCUT2D eigenvalue weighted by Crippen LogP contribution is 2.40. The number of fused-ring (bicyclic) bond motifs is 1. The van der Waals surface area contributed by atoms with Gasteiger partial charge in [0.25, 0.3) is 0 Å². The molecule has 0 unspecified atom stereocenters. The van der Waals surface area contributed by atoms with Crippen LogP contribution >= 0.6 is 0 Å². The third-order valence-electron chi connectivity index (χ3n) is 3.77. The van der Waals surface area contributed by atoms with Gasteiger partial charge in [0.05, 0.1) is 12.3 Å². The number of aliphatic hydroxyl groups excluding tert-OH is 1. The predicted molar refractivity (Wildman–Crippen MR) is 69.3 cm³/mol. The van der Waals surface area contributed by atoms with Crippen molar-refractivity contribution >= 4 is 5.82 Å². The molecule has 0 aromatic carbocycles. The summed E-state index contributed by atoms with van der Waals surface area (Å²) in [6, 6.07) is 0.377. The molecule has 0 bridgehead atoms. The molecule has 2 atom stereocenters. The van der Waals surface area contributed by atoms with Crippen molar-refractivity contribution in [2.75, 3.05) is 11.9 Å². The summed E-state index contributed by atoms with van der Waals surface area (Å²) >= 11 is 0. The van der Waals surface area contributed by atoms with E-state index in [1.54, 1.807) is 0 Å². The summed E-state index contributed by atoms with van der Waals surface area (Å²) in [5.41, 5.74) is 2.40. The van der Waals surface area contributed by atoms with E-state index in [0.717, 1.165) is 17.9 Å². The zero-order valence-electron chi connectivity index (χ0n) is 11.4. The lowest BCUT2D eigenvalue weighted by molar-refractivity contribution is 0.224. The molecule has 0 spiro atoms. The van der Waals surface area contributed by atoms with E-state index >= 15 is 0 Å². The summed E-state index contributed by atoms with van der Waals surface area (Å²) in [5, 5.41) is 17.6. The second-order valence-electron chi connectivity index (χ2n) is 6.15. The number of aliphatic hydroxyl groups is 1. The van der Waals surface area contributed by atoms with Crippen LogP contribution in [0.3, 0.4) is 0 Å². The van der Waals surface area contributed by atoms with Gasteiger partial charge in [0.1, 0.15) is 5.82 Å². The van der Waals surface area contributed by atoms with Crippen LogP contribution in [0.1, 0.15) is 44.4 Å². The smallest absolute Gasteiger partial charge is 0.128 e. The molecule has 0 amide bonds. The monoisotopic (exact) mass is 237 g/mol. The van der Waals surface area contributed by atoms with Crippen molar-refractivity contribution in [2.45, 2.75) is 46.1 Å². The van der Waals surface area contributed by atoms with Gasteiger partial charge in [-0.1, -0.05) is 20.8 Å². The van der Waals surface area contributed by atoms with Crippen LogP contribution in [-0.4, -0.2) is 27.5 Å². The molecule has 2 rings (SSSR count). The second-order valence-corrected chi connectivity index (χ2v) is 6.15. The van der Waals surface area contributed by atoms with Crippen molar-refractivity contribution in [1.82, 2.24) is 9.78 Å². The number of aromatic nitrogens is 2. The largest absolute Gasteiger partial charge is 0.396 e. The fourth-order valence-corrected chi connectivity index (χ4v) is 2.70. The van der Waals surface area contributed by atoms with E-state index in [2.05, 4.69) is 31.2 Å². The molecule has 0 fully saturated rings. The Morgan fingerprint density at radius 3 is 2.65 bits per heavy atom. The summed E-state index contributed by atoms with van der Waals surface area (Å²) in [7, 11) is 1.96. The molecule has 4 nitrogen and oxygen atoms in total. The molecule has 1 aromatic heterocycles. The van der Waals surface area contributed by atoms with Gasteiger partial charge >= 0.3 is 0 Å². The Morgan fingerprint density at radius 2 is 2.12 bits per heavy atom. The number of anilines is 1. The van der Waals surface area contributed by atoms with Gasteiger partial charge < -0.3 is 10.4 Å². The molecule has 0 saturated heterocycles. The van der Waals surface area contributed by atoms with E-state index < -0.39 is 0 Å². The van der Waals surface area contributed by atoms with Gasteiger partial charge in [0.2, 0.25) is 0 Å². The van der Waals surface area contributed by atoms with E-state index in [-0.39, 0.29) is 17.9 Å². The molecule has 2 N–H and O–H groups in total. The minimum Gasteiger partial charge on any atom is -0.396 e. The first-order valence-corrected chi connectivity index (χ1v) is 6.25. The van der Waals surface area contributed by atoms with Crippen LogP contribution in [-0.2, 0) is 7.05 Å². The maximum absolute atomic E-state index is 9.59. The van der Waals surface area contributed by atoms with Gasteiger partial charge in [-0.25, -0.2) is 0 Å². The highest BCUT2D eigenvalue weighted by molar-refractivity contribution is 5.53. The quantitative estimate of drug-likeness (QED) is 0.786. The van der Waals surface area contributed by atoms with Gasteiger partial charge in [0.15, 0.2) is 0 Å². The van der Waals surface area contributed by atoms with Crippen LogP contribution in [0.2, 0.25) is 0 Å². The Bertz CT molecular complexity index is 417. The van der Waals surface area contributed by atoms with Crippen molar-refractivity contribution in [3.8, 4) is 0 Å². The number of hydrogen-bond acceptors (Lipinski definition) is 3. The minimum atomic E-state index is 0.184. The zero-order chi connectivity index (χ0) is 12.8. The third kappa shape index (κ3) is 2.06. The summed E-state index contributed by atoms with van der Waals surface area (Å²) in [4.78, 5) is 0. The van der Waals surface area contributed by atoms with E-state index in [4.69, 9.17) is 0 Å². The van der Waals surface area contributed by atoms with E-state index in [1.807, 2.05) is 18.7 Å². The maximum Gasteiger partial charge on any atom is 0.128 e. The number of nitrogens with zero attached hydrogens (tertiary/aromatic N) is 2. The average Bonchev–Trinajstić information content (AvgIpc) is 2.52. The molecule has 2 heterocycles. The number of nitrogens with one attached hydrogen (secondary N) is 1. The van der Waals surface area contributed by atoms with Gasteiger partial charge in [-0.15, -0.1) is 0 Å². The SMILES string of the molecule is Cc1nn(C)c2c1[C@H](CO)C[C@@H](C(C)(C)C)N2. The molecule has 1 aliphatic heterocycles. The summed E-state index contributed by atoms with van der Waals surface area (Å²) < 4.78 is 1.89. The second kappa shape index (κ2) is 4.02. The zero-order valence-corrected chi connectivity index (χ0v) is 11.4. The Labute approximate surface area is 103 Å². The van der Waals surface area contributed by atoms with Crippen molar-refractivity contribution < 1.29 is 5.11 Å². The first-order valence-electron chi connectivity index (χ1n) is 6.25. The first-order chi connectivity index (χ1) is 7.84. The van der Waals surface area contributed by atoms with Gasteiger partial charge in [-0.05, 0) is 18.8 Å². The lowest BCUT2D eigenvalue weighted by Gasteiger charge is -2.38. The molecular weight excluding hydrogens is 214 g/mol. The van der Waals surface area contributed by atoms with Crippen molar-refractivity contribution in [3.05, 3.63) is 11.3 Å². The molecule has 0 radical (unpaired) electrons. The predicted octanol–water partition coefficient (Wildman–Crippen LogP) is 2.03. The van der Waals surface area contributed by atoms with Gasteiger partial charge in [-0.2, -0.15) is 5.10 Å². The lowest BCUT2D eigenvalue weighted by atomic mass is 9.77. The van der Waals surface area contributed by atoms with Crippen LogP contribution in [0.5, 0.6) is 0 Å². The van der Waals surface area contributed by atoms with Crippen molar-refractivity contribution in [3.63, 3.8) is 0 Å². The molecule has 1 aromatic rings. The van der Waals surface area contributed by atoms with E-state index in [9.17, 15) is 5.11 Å². The highest BCUT2D eigenvalue weighted by Gasteiger charge is 2.36. The normalized spacial score (nSPS) is 24.4. The van der Waals surface area contributed by atoms with Crippen LogP contribution in [0.15, 0.2) is 0 Å². The Hall–Kier alpha value is -1.03. The Kier molecular flexibility index (Phi) is 2.94. The van der Waals surface area contributed by atoms with Gasteiger partial charge in [0, 0.05) is 24.6 Å². The topological polar surface area (TPSA) is 50.1 Å². The fraction of sp³-hybridized carbons (Fsp3) is 0.769. The van der Waals surface area contributed by atoms with E-state index in [1.165, 1.54) is 5.56 Å². The number of rotatable bonds is 1. The fourth-order valence-electron chi connectivity index (χ4n) is 2.70. The molecule has 4 heteroatoms. The van der Waals surface area contributed by atoms with Crippen LogP contribution < -0.4 is 5.32 Å². The molecule has 17 heavy (non-hydrogen) atoms. The summed E-state index contributed by atoms with van der Waals surface area (Å²) in [5.74, 6) is 1.29. The molecular formula is C13H23N3O. The Balaban J connectivity index is 2.42. The minimum absolute atomic E-state index is 0.184. The molecule has 96 valence electrons. The van der Waals surface area contributed by atoms with Crippen LogP contribution in [0, 0.1) is 12.3 Å². The molecule has 1 aliphatic rings. The number of aryl methyl sites for hydroxylation is 2. The highest BCUT2D eigenvalue weighted by atomic mass is 16.3. The maximum atomic E-state index is 9.59. The van der Waals surface area contributed by atoms with E-state index in [0.29, 0.717) is 6.04 Å². The van der Waals surface area contributed by atoms with Crippen molar-refractivity contribution in [2.24, 2.45) is 12.5 Å². The molecule has 0 saturated carbocycles. The van der Waals surface area contributed by atoms with Crippen LogP contribution in [0.4, 0.5) is 5.82 Å². The summed E-state index contributed by atoms with van der Waals surface area (Å²) in [6.07, 6.45) is 0.972. The summed E-state index contributed by atoms with van der Waals surface area (Å²) in [6.45, 7) is 8.91. The van der Waals surface area contributed by atoms with Crippen molar-refractivity contribution in [1.29, 1.82) is 0 Å². The Morgan fingerprint density at radius 1 is 1.47 bits per heavy atom. The number of hydrogen-bond donors (Lipinski definition) is 2. The molecule has 0 aliphatic carbocycles. The van der Waals surface area contributed by atoms with Gasteiger partial charge in [-0.3, -0.25) is 4.68 Å². The standard InChI is InChI=1S/C13H23N3O/c1-8-11-9(7-17)6-10(13(2,3)4)14-12(11)16(5)15-8/h9-10,14,17H,6-7H2,1-5H3/t9-,10-/m0/s1. The third-order valence-corrected chi connectivity index (χ3v) is 3.77. The first kappa shape index (κ1) is 12.4. The van der Waals surface area contributed by atoms with Crippen LogP contribution in [0.25, 0.3) is 0 Å².